The summed E-state index contributed by atoms with van der Waals surface area (Å²) in [5.74, 6) is 0.560. The lowest BCUT2D eigenvalue weighted by atomic mass is 9.97. The van der Waals surface area contributed by atoms with Crippen molar-refractivity contribution in [3.8, 4) is 5.69 Å². The molecule has 1 aliphatic rings. The number of nitrogens with zero attached hydrogens (tertiary/aromatic N) is 4. The molecule has 0 bridgehead atoms. The minimum absolute atomic E-state index is 0.0118. The molecule has 0 atom stereocenters. The van der Waals surface area contributed by atoms with E-state index in [9.17, 15) is 9.59 Å². The highest BCUT2D eigenvalue weighted by atomic mass is 35.5. The number of aromatic nitrogens is 2. The molecule has 0 spiro atoms. The van der Waals surface area contributed by atoms with Crippen LogP contribution in [0.4, 0.5) is 0 Å². The Labute approximate surface area is 183 Å². The number of hydrogen-bond donors (Lipinski definition) is 0. The van der Waals surface area contributed by atoms with Gasteiger partial charge >= 0.3 is 0 Å². The van der Waals surface area contributed by atoms with Crippen LogP contribution < -0.4 is 0 Å². The fourth-order valence-electron chi connectivity index (χ4n) is 3.94. The summed E-state index contributed by atoms with van der Waals surface area (Å²) >= 11 is 6.07. The van der Waals surface area contributed by atoms with E-state index in [1.54, 1.807) is 11.8 Å². The number of hydrogen-bond acceptors (Lipinski definition) is 3. The first-order valence-electron chi connectivity index (χ1n) is 10.6. The van der Waals surface area contributed by atoms with Crippen molar-refractivity contribution in [2.75, 3.05) is 26.2 Å². The molecule has 2 aromatic rings. The molecule has 1 saturated heterocycles. The average Bonchev–Trinajstić information content (AvgIpc) is 3.06. The van der Waals surface area contributed by atoms with Crippen LogP contribution in [-0.4, -0.2) is 57.6 Å². The van der Waals surface area contributed by atoms with E-state index in [2.05, 4.69) is 27.7 Å². The van der Waals surface area contributed by atoms with Gasteiger partial charge in [0.2, 0.25) is 5.91 Å². The third kappa shape index (κ3) is 4.69. The van der Waals surface area contributed by atoms with Crippen molar-refractivity contribution < 1.29 is 9.59 Å². The van der Waals surface area contributed by atoms with Gasteiger partial charge in [-0.1, -0.05) is 39.3 Å². The van der Waals surface area contributed by atoms with Crippen LogP contribution in [0.3, 0.4) is 0 Å². The minimum atomic E-state index is 0.0118. The molecule has 1 aliphatic heterocycles. The summed E-state index contributed by atoms with van der Waals surface area (Å²) in [5, 5.41) is 5.56. The first-order chi connectivity index (χ1) is 14.2. The zero-order chi connectivity index (χ0) is 22.0. The first kappa shape index (κ1) is 22.3. The monoisotopic (exact) mass is 430 g/mol. The molecule has 30 heavy (non-hydrogen) atoms. The summed E-state index contributed by atoms with van der Waals surface area (Å²) in [6.07, 6.45) is 0.731. The van der Waals surface area contributed by atoms with Crippen molar-refractivity contribution in [3.05, 3.63) is 46.2 Å². The predicted octanol–water partition coefficient (Wildman–Crippen LogP) is 4.15. The van der Waals surface area contributed by atoms with Gasteiger partial charge in [-0.25, -0.2) is 4.68 Å². The fraction of sp³-hybridized carbons (Fsp3) is 0.522. The van der Waals surface area contributed by atoms with Crippen molar-refractivity contribution >= 4 is 23.4 Å². The van der Waals surface area contributed by atoms with Crippen LogP contribution in [0.25, 0.3) is 5.69 Å². The van der Waals surface area contributed by atoms with E-state index in [1.165, 1.54) is 0 Å². The van der Waals surface area contributed by atoms with Crippen LogP contribution in [0.5, 0.6) is 0 Å². The fourth-order valence-corrected chi connectivity index (χ4v) is 4.06. The van der Waals surface area contributed by atoms with Crippen molar-refractivity contribution in [1.29, 1.82) is 0 Å². The highest BCUT2D eigenvalue weighted by Gasteiger charge is 2.31. The second-order valence-corrected chi connectivity index (χ2v) is 9.08. The number of carbonyl (C=O) groups excluding carboxylic acids is 2. The summed E-state index contributed by atoms with van der Waals surface area (Å²) < 4.78 is 1.90. The average molecular weight is 431 g/mol. The SMILES string of the molecule is CC(=O)N1CCN(C(=O)c2c(CC(C)C)nn(-c3ccc(Cl)cc3)c2C(C)C)CC1. The van der Waals surface area contributed by atoms with E-state index < -0.39 is 0 Å². The molecule has 0 saturated carbocycles. The summed E-state index contributed by atoms with van der Waals surface area (Å²) in [6, 6.07) is 7.54. The van der Waals surface area contributed by atoms with E-state index in [-0.39, 0.29) is 17.7 Å². The van der Waals surface area contributed by atoms with Crippen LogP contribution in [0.2, 0.25) is 5.02 Å². The van der Waals surface area contributed by atoms with Crippen LogP contribution in [0, 0.1) is 5.92 Å². The van der Waals surface area contributed by atoms with E-state index in [1.807, 2.05) is 33.8 Å². The van der Waals surface area contributed by atoms with E-state index in [0.29, 0.717) is 42.7 Å². The van der Waals surface area contributed by atoms with Crippen LogP contribution in [-0.2, 0) is 11.2 Å². The van der Waals surface area contributed by atoms with Crippen LogP contribution in [0.1, 0.15) is 62.3 Å². The van der Waals surface area contributed by atoms with Crippen molar-refractivity contribution in [3.63, 3.8) is 0 Å². The van der Waals surface area contributed by atoms with Gasteiger partial charge < -0.3 is 9.80 Å². The molecule has 0 radical (unpaired) electrons. The summed E-state index contributed by atoms with van der Waals surface area (Å²) in [4.78, 5) is 28.9. The summed E-state index contributed by atoms with van der Waals surface area (Å²) in [6.45, 7) is 12.3. The maximum Gasteiger partial charge on any atom is 0.257 e. The Morgan fingerprint density at radius 2 is 1.57 bits per heavy atom. The van der Waals surface area contributed by atoms with Gasteiger partial charge in [0.25, 0.3) is 5.91 Å². The Morgan fingerprint density at radius 1 is 1.00 bits per heavy atom. The number of amides is 2. The van der Waals surface area contributed by atoms with E-state index >= 15 is 0 Å². The molecule has 0 aliphatic carbocycles. The topological polar surface area (TPSA) is 58.4 Å². The summed E-state index contributed by atoms with van der Waals surface area (Å²) in [5.41, 5.74) is 3.37. The van der Waals surface area contributed by atoms with Crippen molar-refractivity contribution in [2.24, 2.45) is 5.92 Å². The molecule has 162 valence electrons. The molecule has 0 unspecified atom stereocenters. The second-order valence-electron chi connectivity index (χ2n) is 8.65. The second kappa shape index (κ2) is 9.21. The van der Waals surface area contributed by atoms with Gasteiger partial charge in [0.1, 0.15) is 0 Å². The standard InChI is InChI=1S/C23H31ClN4O2/c1-15(2)14-20-21(23(30)27-12-10-26(11-13-27)17(5)29)22(16(3)4)28(25-20)19-8-6-18(24)7-9-19/h6-9,15-16H,10-14H2,1-5H3. The molecule has 2 heterocycles. The Kier molecular flexibility index (Phi) is 6.86. The lowest BCUT2D eigenvalue weighted by Crippen LogP contribution is -2.50. The van der Waals surface area contributed by atoms with Gasteiger partial charge in [0.05, 0.1) is 22.6 Å². The Bertz CT molecular complexity index is 910. The maximum atomic E-state index is 13.7. The van der Waals surface area contributed by atoms with Crippen molar-refractivity contribution in [2.45, 2.75) is 47.0 Å². The minimum Gasteiger partial charge on any atom is -0.339 e. The Hall–Kier alpha value is -2.34. The highest BCUT2D eigenvalue weighted by Crippen LogP contribution is 2.29. The zero-order valence-corrected chi connectivity index (χ0v) is 19.2. The maximum absolute atomic E-state index is 13.7. The van der Waals surface area contributed by atoms with E-state index in [0.717, 1.165) is 23.5 Å². The number of carbonyl (C=O) groups is 2. The van der Waals surface area contributed by atoms with Gasteiger partial charge in [-0.15, -0.1) is 0 Å². The smallest absolute Gasteiger partial charge is 0.257 e. The Balaban J connectivity index is 2.04. The van der Waals surface area contributed by atoms with Crippen LogP contribution in [0.15, 0.2) is 24.3 Å². The normalized spacial score (nSPS) is 14.7. The molecule has 3 rings (SSSR count). The van der Waals surface area contributed by atoms with Gasteiger partial charge in [-0.2, -0.15) is 5.10 Å². The largest absolute Gasteiger partial charge is 0.339 e. The van der Waals surface area contributed by atoms with Gasteiger partial charge in [-0.3, -0.25) is 9.59 Å². The molecule has 6 nitrogen and oxygen atoms in total. The third-order valence-electron chi connectivity index (χ3n) is 5.44. The number of halogens is 1. The molecule has 7 heteroatoms. The van der Waals surface area contributed by atoms with Gasteiger partial charge in [-0.05, 0) is 42.5 Å². The lowest BCUT2D eigenvalue weighted by molar-refractivity contribution is -0.130. The number of benzene rings is 1. The number of piperazine rings is 1. The van der Waals surface area contributed by atoms with E-state index in [4.69, 9.17) is 16.7 Å². The van der Waals surface area contributed by atoms with Gasteiger partial charge in [0.15, 0.2) is 0 Å². The predicted molar refractivity (Wildman–Crippen MR) is 119 cm³/mol. The number of rotatable bonds is 5. The quantitative estimate of drug-likeness (QED) is 0.715. The van der Waals surface area contributed by atoms with Gasteiger partial charge in [0, 0.05) is 38.1 Å². The lowest BCUT2D eigenvalue weighted by Gasteiger charge is -2.34. The molecule has 2 amide bonds. The molecule has 1 aromatic carbocycles. The molecular formula is C23H31ClN4O2. The van der Waals surface area contributed by atoms with Crippen molar-refractivity contribution in [1.82, 2.24) is 19.6 Å². The highest BCUT2D eigenvalue weighted by molar-refractivity contribution is 6.30. The zero-order valence-electron chi connectivity index (χ0n) is 18.5. The first-order valence-corrected chi connectivity index (χ1v) is 11.0. The molecule has 1 aromatic heterocycles. The summed E-state index contributed by atoms with van der Waals surface area (Å²) in [7, 11) is 0. The Morgan fingerprint density at radius 3 is 2.07 bits per heavy atom. The third-order valence-corrected chi connectivity index (χ3v) is 5.69. The van der Waals surface area contributed by atoms with Crippen LogP contribution >= 0.6 is 11.6 Å². The molecule has 1 fully saturated rings. The molecular weight excluding hydrogens is 400 g/mol. The molecule has 0 N–H and O–H groups in total.